The maximum absolute atomic E-state index is 12.3. The highest BCUT2D eigenvalue weighted by Gasteiger charge is 2.15. The van der Waals surface area contributed by atoms with Crippen molar-refractivity contribution in [3.05, 3.63) is 64.5 Å². The van der Waals surface area contributed by atoms with Gasteiger partial charge in [0.2, 0.25) is 11.7 Å². The third-order valence-electron chi connectivity index (χ3n) is 4.07. The second-order valence-electron chi connectivity index (χ2n) is 6.33. The molecule has 0 aliphatic rings. The summed E-state index contributed by atoms with van der Waals surface area (Å²) in [7, 11) is 1.66. The van der Waals surface area contributed by atoms with E-state index in [-0.39, 0.29) is 19.1 Å². The van der Waals surface area contributed by atoms with E-state index >= 15 is 0 Å². The highest BCUT2D eigenvalue weighted by atomic mass is 35.5. The molecular formula is C20H20ClN3O3. The lowest BCUT2D eigenvalue weighted by Crippen LogP contribution is -2.31. The second-order valence-corrected chi connectivity index (χ2v) is 6.73. The third-order valence-corrected chi connectivity index (χ3v) is 4.49. The number of halogens is 1. The van der Waals surface area contributed by atoms with Crippen molar-refractivity contribution in [2.45, 2.75) is 20.4 Å². The Morgan fingerprint density at radius 3 is 2.63 bits per heavy atom. The molecule has 6 nitrogen and oxygen atoms in total. The van der Waals surface area contributed by atoms with Crippen LogP contribution in [0, 0.1) is 13.8 Å². The fourth-order valence-electron chi connectivity index (χ4n) is 2.39. The summed E-state index contributed by atoms with van der Waals surface area (Å²) in [4.78, 5) is 18.1. The topological polar surface area (TPSA) is 68.5 Å². The number of likely N-dealkylation sites (N-methyl/N-ethyl adjacent to an activating group) is 1. The summed E-state index contributed by atoms with van der Waals surface area (Å²) in [5.74, 6) is 1.26. The van der Waals surface area contributed by atoms with E-state index in [9.17, 15) is 4.79 Å². The number of carbonyl (C=O) groups excluding carboxylic acids is 1. The van der Waals surface area contributed by atoms with Gasteiger partial charge in [-0.2, -0.15) is 4.98 Å². The van der Waals surface area contributed by atoms with Gasteiger partial charge in [-0.15, -0.1) is 0 Å². The Morgan fingerprint density at radius 2 is 1.93 bits per heavy atom. The first-order chi connectivity index (χ1) is 12.9. The van der Waals surface area contributed by atoms with Crippen LogP contribution in [0.2, 0.25) is 5.02 Å². The van der Waals surface area contributed by atoms with Crippen LogP contribution >= 0.6 is 11.6 Å². The zero-order valence-electron chi connectivity index (χ0n) is 15.4. The van der Waals surface area contributed by atoms with Crippen LogP contribution in [0.1, 0.15) is 17.0 Å². The molecule has 1 aromatic heterocycles. The van der Waals surface area contributed by atoms with Crippen molar-refractivity contribution in [1.82, 2.24) is 15.0 Å². The number of amides is 1. The predicted molar refractivity (Wildman–Crippen MR) is 103 cm³/mol. The molecule has 1 amide bonds. The number of rotatable bonds is 6. The number of nitrogens with zero attached hydrogens (tertiary/aromatic N) is 3. The van der Waals surface area contributed by atoms with Gasteiger partial charge in [-0.1, -0.05) is 46.6 Å². The first-order valence-corrected chi connectivity index (χ1v) is 8.82. The van der Waals surface area contributed by atoms with Gasteiger partial charge in [0, 0.05) is 17.6 Å². The molecule has 7 heteroatoms. The summed E-state index contributed by atoms with van der Waals surface area (Å²) in [6.45, 7) is 4.01. The maximum Gasteiger partial charge on any atom is 0.260 e. The van der Waals surface area contributed by atoms with Crippen LogP contribution in [0.25, 0.3) is 11.4 Å². The summed E-state index contributed by atoms with van der Waals surface area (Å²) in [5, 5.41) is 4.63. The van der Waals surface area contributed by atoms with Crippen LogP contribution < -0.4 is 4.74 Å². The molecular weight excluding hydrogens is 366 g/mol. The van der Waals surface area contributed by atoms with E-state index in [1.807, 2.05) is 38.1 Å². The van der Waals surface area contributed by atoms with Gasteiger partial charge in [-0.3, -0.25) is 4.79 Å². The van der Waals surface area contributed by atoms with E-state index in [2.05, 4.69) is 10.1 Å². The van der Waals surface area contributed by atoms with Gasteiger partial charge in [-0.05, 0) is 37.6 Å². The van der Waals surface area contributed by atoms with Gasteiger partial charge < -0.3 is 14.2 Å². The molecule has 0 saturated heterocycles. The number of ether oxygens (including phenoxy) is 1. The standard InChI is InChI=1S/C20H20ClN3O3/c1-13-4-6-15(7-5-13)20-22-18(27-23-20)11-24(3)19(25)12-26-16-8-9-17(21)14(2)10-16/h4-10H,11-12H2,1-3H3. The van der Waals surface area contributed by atoms with E-state index in [1.54, 1.807) is 25.2 Å². The largest absolute Gasteiger partial charge is 0.484 e. The Kier molecular flexibility index (Phi) is 5.76. The second kappa shape index (κ2) is 8.22. The van der Waals surface area contributed by atoms with Crippen molar-refractivity contribution in [2.24, 2.45) is 0 Å². The molecule has 27 heavy (non-hydrogen) atoms. The van der Waals surface area contributed by atoms with Gasteiger partial charge in [0.25, 0.3) is 5.91 Å². The summed E-state index contributed by atoms with van der Waals surface area (Å²) in [6, 6.07) is 13.1. The van der Waals surface area contributed by atoms with Crippen LogP contribution in [0.3, 0.4) is 0 Å². The molecule has 0 aliphatic heterocycles. The van der Waals surface area contributed by atoms with E-state index in [0.29, 0.717) is 22.5 Å². The Labute approximate surface area is 162 Å². The predicted octanol–water partition coefficient (Wildman–Crippen LogP) is 4.04. The molecule has 140 valence electrons. The lowest BCUT2D eigenvalue weighted by atomic mass is 10.1. The molecule has 0 radical (unpaired) electrons. The number of aryl methyl sites for hydroxylation is 2. The molecule has 0 saturated carbocycles. The molecule has 3 rings (SSSR count). The molecule has 3 aromatic rings. The Balaban J connectivity index is 1.56. The molecule has 0 N–H and O–H groups in total. The Morgan fingerprint density at radius 1 is 1.19 bits per heavy atom. The fraction of sp³-hybridized carbons (Fsp3) is 0.250. The zero-order chi connectivity index (χ0) is 19.4. The van der Waals surface area contributed by atoms with E-state index in [4.69, 9.17) is 20.9 Å². The van der Waals surface area contributed by atoms with Crippen molar-refractivity contribution in [2.75, 3.05) is 13.7 Å². The van der Waals surface area contributed by atoms with E-state index in [1.165, 1.54) is 4.90 Å². The molecule has 0 atom stereocenters. The van der Waals surface area contributed by atoms with E-state index in [0.717, 1.165) is 16.7 Å². The SMILES string of the molecule is Cc1ccc(-c2noc(CN(C)C(=O)COc3ccc(Cl)c(C)c3)n2)cc1. The minimum atomic E-state index is -0.197. The van der Waals surface area contributed by atoms with Crippen molar-refractivity contribution < 1.29 is 14.1 Å². The highest BCUT2D eigenvalue weighted by molar-refractivity contribution is 6.31. The zero-order valence-corrected chi connectivity index (χ0v) is 16.2. The monoisotopic (exact) mass is 385 g/mol. The first kappa shape index (κ1) is 18.9. The van der Waals surface area contributed by atoms with Crippen LogP contribution in [-0.2, 0) is 11.3 Å². The van der Waals surface area contributed by atoms with Gasteiger partial charge >= 0.3 is 0 Å². The molecule has 1 heterocycles. The van der Waals surface area contributed by atoms with Crippen molar-refractivity contribution in [3.63, 3.8) is 0 Å². The van der Waals surface area contributed by atoms with Crippen molar-refractivity contribution in [1.29, 1.82) is 0 Å². The molecule has 0 bridgehead atoms. The summed E-state index contributed by atoms with van der Waals surface area (Å²) < 4.78 is 10.8. The minimum absolute atomic E-state index is 0.0868. The van der Waals surface area contributed by atoms with Gasteiger partial charge in [0.15, 0.2) is 6.61 Å². The molecule has 0 unspecified atom stereocenters. The van der Waals surface area contributed by atoms with E-state index < -0.39 is 0 Å². The lowest BCUT2D eigenvalue weighted by molar-refractivity contribution is -0.132. The van der Waals surface area contributed by atoms with Crippen LogP contribution in [0.5, 0.6) is 5.75 Å². The molecule has 2 aromatic carbocycles. The molecule has 0 aliphatic carbocycles. The Hall–Kier alpha value is -2.86. The number of hydrogen-bond donors (Lipinski definition) is 0. The number of benzene rings is 2. The highest BCUT2D eigenvalue weighted by Crippen LogP contribution is 2.21. The van der Waals surface area contributed by atoms with Gasteiger partial charge in [0.1, 0.15) is 5.75 Å². The van der Waals surface area contributed by atoms with Crippen LogP contribution in [0.15, 0.2) is 47.0 Å². The number of aromatic nitrogens is 2. The average molecular weight is 386 g/mol. The summed E-state index contributed by atoms with van der Waals surface area (Å²) in [6.07, 6.45) is 0. The lowest BCUT2D eigenvalue weighted by Gasteiger charge is -2.15. The normalized spacial score (nSPS) is 10.7. The molecule has 0 fully saturated rings. The average Bonchev–Trinajstić information content (AvgIpc) is 3.11. The third kappa shape index (κ3) is 4.86. The Bertz CT molecular complexity index is 938. The van der Waals surface area contributed by atoms with Crippen molar-refractivity contribution >= 4 is 17.5 Å². The number of carbonyl (C=O) groups is 1. The van der Waals surface area contributed by atoms with Crippen LogP contribution in [0.4, 0.5) is 0 Å². The quantitative estimate of drug-likeness (QED) is 0.640. The number of hydrogen-bond acceptors (Lipinski definition) is 5. The minimum Gasteiger partial charge on any atom is -0.484 e. The van der Waals surface area contributed by atoms with Gasteiger partial charge in [-0.25, -0.2) is 0 Å². The smallest absolute Gasteiger partial charge is 0.260 e. The summed E-state index contributed by atoms with van der Waals surface area (Å²) in [5.41, 5.74) is 2.92. The fourth-order valence-corrected chi connectivity index (χ4v) is 2.51. The molecule has 0 spiro atoms. The van der Waals surface area contributed by atoms with Gasteiger partial charge in [0.05, 0.1) is 6.54 Å². The summed E-state index contributed by atoms with van der Waals surface area (Å²) >= 11 is 5.98. The maximum atomic E-state index is 12.3. The van der Waals surface area contributed by atoms with Crippen LogP contribution in [-0.4, -0.2) is 34.6 Å². The first-order valence-electron chi connectivity index (χ1n) is 8.45. The van der Waals surface area contributed by atoms with Crippen molar-refractivity contribution in [3.8, 4) is 17.1 Å².